The predicted octanol–water partition coefficient (Wildman–Crippen LogP) is 3.04. The summed E-state index contributed by atoms with van der Waals surface area (Å²) in [7, 11) is 0. The summed E-state index contributed by atoms with van der Waals surface area (Å²) in [6, 6.07) is 5.74. The molecule has 0 saturated carbocycles. The van der Waals surface area contributed by atoms with E-state index in [-0.39, 0.29) is 22.5 Å². The molecule has 0 spiro atoms. The van der Waals surface area contributed by atoms with Crippen molar-refractivity contribution in [1.82, 2.24) is 0 Å². The van der Waals surface area contributed by atoms with E-state index in [0.717, 1.165) is 5.56 Å². The lowest BCUT2D eigenvalue weighted by Crippen LogP contribution is -2.20. The van der Waals surface area contributed by atoms with Crippen LogP contribution >= 0.6 is 11.6 Å². The number of fused-ring (bicyclic) bond motifs is 1. The van der Waals surface area contributed by atoms with Crippen LogP contribution in [0.2, 0.25) is 5.22 Å². The number of carbonyl (C=O) groups excluding carboxylic acids is 1. The highest BCUT2D eigenvalue weighted by molar-refractivity contribution is 6.28. The Labute approximate surface area is 119 Å². The molecule has 1 aromatic carbocycles. The van der Waals surface area contributed by atoms with Gasteiger partial charge in [0.15, 0.2) is 5.22 Å². The van der Waals surface area contributed by atoms with E-state index < -0.39 is 11.9 Å². The lowest BCUT2D eigenvalue weighted by Gasteiger charge is -2.19. The van der Waals surface area contributed by atoms with E-state index in [2.05, 4.69) is 5.32 Å². The van der Waals surface area contributed by atoms with Gasteiger partial charge in [0.25, 0.3) is 0 Å². The van der Waals surface area contributed by atoms with Crippen LogP contribution in [0.1, 0.15) is 29.4 Å². The maximum Gasteiger partial charge on any atom is 0.224 e. The average molecular weight is 296 g/mol. The van der Waals surface area contributed by atoms with Crippen LogP contribution in [-0.4, -0.2) is 11.0 Å². The maximum atomic E-state index is 14.1. The summed E-state index contributed by atoms with van der Waals surface area (Å²) in [5.41, 5.74) is 1.34. The Morgan fingerprint density at radius 2 is 2.15 bits per heavy atom. The molecule has 0 fully saturated rings. The van der Waals surface area contributed by atoms with Crippen molar-refractivity contribution in [2.24, 2.45) is 0 Å². The van der Waals surface area contributed by atoms with E-state index in [1.54, 1.807) is 6.07 Å². The molecule has 4 nitrogen and oxygen atoms in total. The first-order chi connectivity index (χ1) is 9.54. The molecule has 6 heteroatoms. The topological polar surface area (TPSA) is 62.5 Å². The number of aliphatic hydroxyl groups is 1. The normalized spacial score (nSPS) is 15.7. The van der Waals surface area contributed by atoms with Gasteiger partial charge in [-0.1, -0.05) is 0 Å². The molecule has 2 N–H and O–H groups in total. The minimum absolute atomic E-state index is 0.103. The maximum absolute atomic E-state index is 14.1. The molecule has 3 rings (SSSR count). The van der Waals surface area contributed by atoms with Crippen LogP contribution in [0, 0.1) is 5.82 Å². The first kappa shape index (κ1) is 13.1. The molecule has 2 aromatic rings. The third kappa shape index (κ3) is 2.30. The molecule has 1 atom stereocenters. The molecule has 1 amide bonds. The van der Waals surface area contributed by atoms with E-state index >= 15 is 0 Å². The third-order valence-corrected chi connectivity index (χ3v) is 3.48. The van der Waals surface area contributed by atoms with Crippen LogP contribution in [0.3, 0.4) is 0 Å². The Balaban J connectivity index is 2.00. The molecule has 1 aromatic heterocycles. The second kappa shape index (κ2) is 4.92. The van der Waals surface area contributed by atoms with Crippen molar-refractivity contribution in [2.45, 2.75) is 18.9 Å². The summed E-state index contributed by atoms with van der Waals surface area (Å²) in [5.74, 6) is -0.567. The summed E-state index contributed by atoms with van der Waals surface area (Å²) in [6.45, 7) is 0. The lowest BCUT2D eigenvalue weighted by atomic mass is 9.97. The largest absolute Gasteiger partial charge is 0.447 e. The van der Waals surface area contributed by atoms with Gasteiger partial charge in [-0.05, 0) is 47.9 Å². The summed E-state index contributed by atoms with van der Waals surface area (Å²) in [5, 5.41) is 12.9. The molecule has 1 aliphatic rings. The standard InChI is InChI=1S/C14H11ClFNO3/c15-12-3-2-11(20-12)14(19)8-5-7-1-4-13(18)17-10(7)6-9(8)16/h2-3,5-6,14,19H,1,4H2,(H,17,18). The van der Waals surface area contributed by atoms with Gasteiger partial charge in [-0.15, -0.1) is 0 Å². The SMILES string of the molecule is O=C1CCc2cc(C(O)c3ccc(Cl)o3)c(F)cc2N1. The highest BCUT2D eigenvalue weighted by atomic mass is 35.5. The number of carbonyl (C=O) groups is 1. The van der Waals surface area contributed by atoms with E-state index in [1.807, 2.05) is 0 Å². The Morgan fingerprint density at radius 3 is 2.85 bits per heavy atom. The lowest BCUT2D eigenvalue weighted by molar-refractivity contribution is -0.116. The average Bonchev–Trinajstić information content (AvgIpc) is 2.84. The van der Waals surface area contributed by atoms with E-state index in [4.69, 9.17) is 16.0 Å². The zero-order valence-corrected chi connectivity index (χ0v) is 11.1. The quantitative estimate of drug-likeness (QED) is 0.895. The number of nitrogens with one attached hydrogen (secondary N) is 1. The Kier molecular flexibility index (Phi) is 3.23. The number of anilines is 1. The van der Waals surface area contributed by atoms with Crippen molar-refractivity contribution in [3.05, 3.63) is 52.2 Å². The van der Waals surface area contributed by atoms with Gasteiger partial charge in [0.05, 0.1) is 0 Å². The van der Waals surface area contributed by atoms with Crippen molar-refractivity contribution in [2.75, 3.05) is 5.32 Å². The second-order valence-corrected chi connectivity index (χ2v) is 5.00. The minimum Gasteiger partial charge on any atom is -0.447 e. The van der Waals surface area contributed by atoms with Crippen molar-refractivity contribution >= 4 is 23.2 Å². The minimum atomic E-state index is -1.23. The smallest absolute Gasteiger partial charge is 0.224 e. The number of benzene rings is 1. The molecule has 0 bridgehead atoms. The van der Waals surface area contributed by atoms with Gasteiger partial charge in [-0.25, -0.2) is 4.39 Å². The highest BCUT2D eigenvalue weighted by Gasteiger charge is 2.23. The van der Waals surface area contributed by atoms with Crippen molar-refractivity contribution < 1.29 is 18.7 Å². The van der Waals surface area contributed by atoms with Crippen molar-refractivity contribution in [1.29, 1.82) is 0 Å². The molecule has 1 aliphatic heterocycles. The number of hydrogen-bond acceptors (Lipinski definition) is 3. The number of aryl methyl sites for hydroxylation is 1. The fourth-order valence-corrected chi connectivity index (χ4v) is 2.41. The van der Waals surface area contributed by atoms with Crippen LogP contribution in [0.5, 0.6) is 0 Å². The van der Waals surface area contributed by atoms with Crippen molar-refractivity contribution in [3.63, 3.8) is 0 Å². The summed E-state index contributed by atoms with van der Waals surface area (Å²) < 4.78 is 19.2. The molecule has 0 saturated heterocycles. The fourth-order valence-electron chi connectivity index (χ4n) is 2.26. The number of hydrogen-bond donors (Lipinski definition) is 2. The highest BCUT2D eigenvalue weighted by Crippen LogP contribution is 2.32. The van der Waals surface area contributed by atoms with E-state index in [0.29, 0.717) is 18.5 Å². The molecule has 1 unspecified atom stereocenters. The molecular formula is C14H11ClFNO3. The molecule has 2 heterocycles. The first-order valence-electron chi connectivity index (χ1n) is 6.10. The monoisotopic (exact) mass is 295 g/mol. The van der Waals surface area contributed by atoms with Gasteiger partial charge < -0.3 is 14.8 Å². The number of aliphatic hydroxyl groups excluding tert-OH is 1. The van der Waals surface area contributed by atoms with Crippen LogP contribution in [0.4, 0.5) is 10.1 Å². The van der Waals surface area contributed by atoms with Crippen LogP contribution in [-0.2, 0) is 11.2 Å². The van der Waals surface area contributed by atoms with Crippen LogP contribution < -0.4 is 5.32 Å². The van der Waals surface area contributed by atoms with Crippen LogP contribution in [0.25, 0.3) is 0 Å². The Bertz CT molecular complexity index is 683. The zero-order chi connectivity index (χ0) is 14.3. The summed E-state index contributed by atoms with van der Waals surface area (Å²) in [6.07, 6.45) is -0.369. The summed E-state index contributed by atoms with van der Waals surface area (Å²) >= 11 is 5.64. The number of halogens is 2. The number of amides is 1. The fraction of sp³-hybridized carbons (Fsp3) is 0.214. The Hall–Kier alpha value is -1.85. The number of furan rings is 1. The van der Waals surface area contributed by atoms with E-state index in [1.165, 1.54) is 18.2 Å². The van der Waals surface area contributed by atoms with Gasteiger partial charge in [0.1, 0.15) is 17.7 Å². The van der Waals surface area contributed by atoms with Crippen LogP contribution in [0.15, 0.2) is 28.7 Å². The number of rotatable bonds is 2. The molecular weight excluding hydrogens is 285 g/mol. The van der Waals surface area contributed by atoms with Gasteiger partial charge in [0, 0.05) is 17.7 Å². The molecule has 0 aliphatic carbocycles. The molecule has 0 radical (unpaired) electrons. The summed E-state index contributed by atoms with van der Waals surface area (Å²) in [4.78, 5) is 11.3. The van der Waals surface area contributed by atoms with Crippen molar-refractivity contribution in [3.8, 4) is 0 Å². The molecule has 20 heavy (non-hydrogen) atoms. The third-order valence-electron chi connectivity index (χ3n) is 3.28. The van der Waals surface area contributed by atoms with Gasteiger partial charge in [-0.2, -0.15) is 0 Å². The van der Waals surface area contributed by atoms with E-state index in [9.17, 15) is 14.3 Å². The van der Waals surface area contributed by atoms with Gasteiger partial charge in [0.2, 0.25) is 5.91 Å². The van der Waals surface area contributed by atoms with Gasteiger partial charge in [-0.3, -0.25) is 4.79 Å². The Morgan fingerprint density at radius 1 is 1.35 bits per heavy atom. The van der Waals surface area contributed by atoms with Gasteiger partial charge >= 0.3 is 0 Å². The second-order valence-electron chi connectivity index (χ2n) is 4.62. The molecule has 104 valence electrons. The predicted molar refractivity (Wildman–Crippen MR) is 71.1 cm³/mol. The first-order valence-corrected chi connectivity index (χ1v) is 6.48. The zero-order valence-electron chi connectivity index (χ0n) is 10.3.